The van der Waals surface area contributed by atoms with Gasteiger partial charge in [0.1, 0.15) is 6.07 Å². The fourth-order valence-corrected chi connectivity index (χ4v) is 2.49. The number of likely N-dealkylation sites (N-methyl/N-ethyl adjacent to an activating group) is 1. The van der Waals surface area contributed by atoms with Crippen molar-refractivity contribution in [1.29, 1.82) is 5.26 Å². The molecule has 1 heterocycles. The van der Waals surface area contributed by atoms with Crippen LogP contribution in [-0.2, 0) is 6.42 Å². The maximum atomic E-state index is 9.17. The summed E-state index contributed by atoms with van der Waals surface area (Å²) in [5.74, 6) is 1.02. The summed E-state index contributed by atoms with van der Waals surface area (Å²) in [7, 11) is 8.13. The summed E-state index contributed by atoms with van der Waals surface area (Å²) >= 11 is 0. The number of anilines is 2. The van der Waals surface area contributed by atoms with Crippen LogP contribution in [0.5, 0.6) is 0 Å². The summed E-state index contributed by atoms with van der Waals surface area (Å²) in [6.07, 6.45) is 0.666. The van der Waals surface area contributed by atoms with E-state index in [1.165, 1.54) is 11.3 Å². The van der Waals surface area contributed by atoms with Gasteiger partial charge in [0.2, 0.25) is 11.6 Å². The largest absolute Gasteiger partial charge is 0.424 e. The predicted molar refractivity (Wildman–Crippen MR) is 96.3 cm³/mol. The molecule has 1 atom stereocenters. The van der Waals surface area contributed by atoms with Gasteiger partial charge in [-0.15, -0.1) is 0 Å². The smallest absolute Gasteiger partial charge is 0.232 e. The molecular formula is C18H25N5O. The van der Waals surface area contributed by atoms with Crippen LogP contribution in [0.1, 0.15) is 30.1 Å². The van der Waals surface area contributed by atoms with Crippen LogP contribution in [0, 0.1) is 11.3 Å². The normalized spacial score (nSPS) is 12.0. The number of oxazole rings is 1. The van der Waals surface area contributed by atoms with Crippen LogP contribution in [-0.4, -0.2) is 44.6 Å². The van der Waals surface area contributed by atoms with E-state index in [-0.39, 0.29) is 6.04 Å². The van der Waals surface area contributed by atoms with E-state index >= 15 is 0 Å². The Hall–Kier alpha value is -2.52. The van der Waals surface area contributed by atoms with Crippen molar-refractivity contribution in [2.24, 2.45) is 0 Å². The van der Waals surface area contributed by atoms with Gasteiger partial charge in [-0.3, -0.25) is 0 Å². The molecular weight excluding hydrogens is 302 g/mol. The van der Waals surface area contributed by atoms with Gasteiger partial charge >= 0.3 is 0 Å². The Kier molecular flexibility index (Phi) is 5.83. The minimum Gasteiger partial charge on any atom is -0.424 e. The molecule has 2 aromatic rings. The third-order valence-corrected chi connectivity index (χ3v) is 3.95. The Bertz CT molecular complexity index is 697. The molecule has 6 nitrogen and oxygen atoms in total. The highest BCUT2D eigenvalue weighted by Crippen LogP contribution is 2.23. The second-order valence-electron chi connectivity index (χ2n) is 6.10. The number of rotatable bonds is 7. The summed E-state index contributed by atoms with van der Waals surface area (Å²) in [4.78, 5) is 8.38. The van der Waals surface area contributed by atoms with E-state index in [1.807, 2.05) is 35.1 Å². The van der Waals surface area contributed by atoms with Gasteiger partial charge in [-0.25, -0.2) is 4.98 Å². The lowest BCUT2D eigenvalue weighted by atomic mass is 10.1. The average molecular weight is 327 g/mol. The van der Waals surface area contributed by atoms with Gasteiger partial charge < -0.3 is 19.5 Å². The molecule has 0 radical (unpaired) electrons. The third-order valence-electron chi connectivity index (χ3n) is 3.95. The van der Waals surface area contributed by atoms with Crippen LogP contribution in [0.2, 0.25) is 0 Å². The van der Waals surface area contributed by atoms with Gasteiger partial charge in [-0.05, 0) is 31.8 Å². The molecule has 0 unspecified atom stereocenters. The van der Waals surface area contributed by atoms with Crippen LogP contribution < -0.4 is 10.2 Å². The minimum atomic E-state index is 0.155. The van der Waals surface area contributed by atoms with Crippen molar-refractivity contribution in [1.82, 2.24) is 9.88 Å². The Morgan fingerprint density at radius 3 is 2.38 bits per heavy atom. The van der Waals surface area contributed by atoms with Crippen LogP contribution in [0.4, 0.5) is 11.6 Å². The Morgan fingerprint density at radius 2 is 1.88 bits per heavy atom. The van der Waals surface area contributed by atoms with Crippen molar-refractivity contribution in [3.8, 4) is 6.07 Å². The Labute approximate surface area is 143 Å². The molecule has 0 bridgehead atoms. The van der Waals surface area contributed by atoms with E-state index in [0.717, 1.165) is 0 Å². The second-order valence-corrected chi connectivity index (χ2v) is 6.10. The maximum absolute atomic E-state index is 9.17. The minimum absolute atomic E-state index is 0.155. The summed E-state index contributed by atoms with van der Waals surface area (Å²) in [5.41, 5.74) is 2.68. The van der Waals surface area contributed by atoms with Crippen LogP contribution in [0.25, 0.3) is 0 Å². The zero-order valence-corrected chi connectivity index (χ0v) is 15.0. The zero-order chi connectivity index (χ0) is 17.7. The first-order chi connectivity index (χ1) is 11.5. The summed E-state index contributed by atoms with van der Waals surface area (Å²) in [6, 6.07) is 10.7. The lowest BCUT2D eigenvalue weighted by Gasteiger charge is -2.25. The van der Waals surface area contributed by atoms with E-state index in [4.69, 9.17) is 4.42 Å². The number of nitrogens with one attached hydrogen (secondary N) is 1. The Morgan fingerprint density at radius 1 is 1.21 bits per heavy atom. The van der Waals surface area contributed by atoms with Gasteiger partial charge in [0.25, 0.3) is 0 Å². The number of nitrogens with zero attached hydrogens (tertiary/aromatic N) is 4. The van der Waals surface area contributed by atoms with E-state index in [1.54, 1.807) is 0 Å². The number of aromatic nitrogens is 1. The molecule has 1 N–H and O–H groups in total. The van der Waals surface area contributed by atoms with Gasteiger partial charge in [0.15, 0.2) is 5.89 Å². The van der Waals surface area contributed by atoms with Crippen molar-refractivity contribution in [2.45, 2.75) is 19.4 Å². The molecule has 0 amide bonds. The molecule has 0 saturated heterocycles. The van der Waals surface area contributed by atoms with Crippen LogP contribution >= 0.6 is 0 Å². The molecule has 2 rings (SSSR count). The SMILES string of the molecule is CCc1nc(C#N)c(NC[C@@H](c2ccc(N(C)C)cc2)N(C)C)o1. The van der Waals surface area contributed by atoms with E-state index in [2.05, 4.69) is 50.4 Å². The lowest BCUT2D eigenvalue weighted by molar-refractivity contribution is 0.310. The third kappa shape index (κ3) is 4.06. The molecule has 0 aliphatic carbocycles. The predicted octanol–water partition coefficient (Wildman–Crippen LogP) is 2.89. The first-order valence-electron chi connectivity index (χ1n) is 8.03. The topological polar surface area (TPSA) is 68.3 Å². The quantitative estimate of drug-likeness (QED) is 0.843. The molecule has 0 spiro atoms. The summed E-state index contributed by atoms with van der Waals surface area (Å²) in [6.45, 7) is 2.58. The fraction of sp³-hybridized carbons (Fsp3) is 0.444. The second kappa shape index (κ2) is 7.84. The number of hydrogen-bond donors (Lipinski definition) is 1. The molecule has 0 saturated carbocycles. The van der Waals surface area contributed by atoms with Gasteiger partial charge in [-0.1, -0.05) is 19.1 Å². The molecule has 128 valence electrons. The highest BCUT2D eigenvalue weighted by atomic mass is 16.4. The highest BCUT2D eigenvalue weighted by Gasteiger charge is 2.17. The van der Waals surface area contributed by atoms with E-state index < -0.39 is 0 Å². The monoisotopic (exact) mass is 327 g/mol. The number of hydrogen-bond acceptors (Lipinski definition) is 6. The van der Waals surface area contributed by atoms with Gasteiger partial charge in [0.05, 0.1) is 6.04 Å². The van der Waals surface area contributed by atoms with E-state index in [0.29, 0.717) is 30.4 Å². The highest BCUT2D eigenvalue weighted by molar-refractivity contribution is 5.48. The van der Waals surface area contributed by atoms with Gasteiger partial charge in [-0.2, -0.15) is 5.26 Å². The molecule has 6 heteroatoms. The molecule has 0 fully saturated rings. The fourth-order valence-electron chi connectivity index (χ4n) is 2.49. The molecule has 0 aliphatic heterocycles. The van der Waals surface area contributed by atoms with Crippen molar-refractivity contribution in [2.75, 3.05) is 45.0 Å². The first kappa shape index (κ1) is 17.8. The maximum Gasteiger partial charge on any atom is 0.232 e. The number of benzene rings is 1. The van der Waals surface area contributed by atoms with Gasteiger partial charge in [0, 0.05) is 32.7 Å². The van der Waals surface area contributed by atoms with Crippen molar-refractivity contribution in [3.63, 3.8) is 0 Å². The summed E-state index contributed by atoms with van der Waals surface area (Å²) < 4.78 is 5.60. The molecule has 0 aliphatic rings. The van der Waals surface area contributed by atoms with Crippen LogP contribution in [0.3, 0.4) is 0 Å². The number of aryl methyl sites for hydroxylation is 1. The first-order valence-corrected chi connectivity index (χ1v) is 8.03. The standard InChI is InChI=1S/C18H25N5O/c1-6-17-21-15(11-19)18(24-17)20-12-16(23(4)5)13-7-9-14(10-8-13)22(2)3/h7-10,16,20H,6,12H2,1-5H3/t16-/m0/s1. The zero-order valence-electron chi connectivity index (χ0n) is 15.0. The molecule has 1 aromatic carbocycles. The molecule has 1 aromatic heterocycles. The number of nitriles is 1. The lowest BCUT2D eigenvalue weighted by Crippen LogP contribution is -2.27. The average Bonchev–Trinajstić information content (AvgIpc) is 2.97. The van der Waals surface area contributed by atoms with Crippen molar-refractivity contribution >= 4 is 11.6 Å². The van der Waals surface area contributed by atoms with Crippen molar-refractivity contribution < 1.29 is 4.42 Å². The van der Waals surface area contributed by atoms with E-state index in [9.17, 15) is 5.26 Å². The van der Waals surface area contributed by atoms with Crippen LogP contribution in [0.15, 0.2) is 28.7 Å². The van der Waals surface area contributed by atoms with Crippen molar-refractivity contribution in [3.05, 3.63) is 41.4 Å². The summed E-state index contributed by atoms with van der Waals surface area (Å²) in [5, 5.41) is 12.4. The molecule has 24 heavy (non-hydrogen) atoms. The Balaban J connectivity index is 2.14.